The minimum absolute atomic E-state index is 0.180. The van der Waals surface area contributed by atoms with E-state index in [-0.39, 0.29) is 11.5 Å². The van der Waals surface area contributed by atoms with Crippen molar-refractivity contribution in [3.05, 3.63) is 47.5 Å². The molecule has 6 nitrogen and oxygen atoms in total. The van der Waals surface area contributed by atoms with Crippen LogP contribution in [0.1, 0.15) is 31.9 Å². The van der Waals surface area contributed by atoms with E-state index in [0.717, 1.165) is 12.1 Å². The fraction of sp³-hybridized carbons (Fsp3) is 0.350. The Kier molecular flexibility index (Phi) is 6.51. The van der Waals surface area contributed by atoms with Gasteiger partial charge in [0.05, 0.1) is 17.5 Å². The van der Waals surface area contributed by atoms with Crippen molar-refractivity contribution in [2.45, 2.75) is 32.5 Å². The summed E-state index contributed by atoms with van der Waals surface area (Å²) in [6, 6.07) is 8.65. The molecule has 0 aliphatic rings. The van der Waals surface area contributed by atoms with Crippen LogP contribution in [0.15, 0.2) is 41.5 Å². The van der Waals surface area contributed by atoms with E-state index in [1.807, 2.05) is 0 Å². The first-order valence-corrected chi connectivity index (χ1v) is 8.74. The first-order chi connectivity index (χ1) is 13.3. The Morgan fingerprint density at radius 1 is 1.17 bits per heavy atom. The molecule has 1 N–H and O–H groups in total. The van der Waals surface area contributed by atoms with Gasteiger partial charge in [-0.3, -0.25) is 0 Å². The summed E-state index contributed by atoms with van der Waals surface area (Å²) in [5, 5.41) is 3.80. The largest absolute Gasteiger partial charge is 0.443 e. The van der Waals surface area contributed by atoms with Crippen LogP contribution in [0.3, 0.4) is 0 Å². The van der Waals surface area contributed by atoms with Crippen LogP contribution >= 0.6 is 0 Å². The monoisotopic (exact) mass is 408 g/mol. The number of nitrogens with one attached hydrogen (secondary N) is 1. The Hall–Kier alpha value is -3.10. The third-order valence-corrected chi connectivity index (χ3v) is 3.55. The molecule has 1 aromatic heterocycles. The van der Waals surface area contributed by atoms with Crippen LogP contribution in [0.5, 0.6) is 0 Å². The van der Waals surface area contributed by atoms with E-state index in [0.29, 0.717) is 11.1 Å². The summed E-state index contributed by atoms with van der Waals surface area (Å²) >= 11 is 0. The summed E-state index contributed by atoms with van der Waals surface area (Å²) in [4.78, 5) is 17.4. The first-order valence-electron chi connectivity index (χ1n) is 8.74. The number of hydrogen-bond acceptors (Lipinski definition) is 5. The number of benzene rings is 1. The maximum absolute atomic E-state index is 13.2. The number of rotatable bonds is 4. The van der Waals surface area contributed by atoms with Crippen molar-refractivity contribution < 1.29 is 22.7 Å². The lowest BCUT2D eigenvalue weighted by Crippen LogP contribution is -2.29. The summed E-state index contributed by atoms with van der Waals surface area (Å²) < 4.78 is 44.8. The first kappa shape index (κ1) is 22.2. The van der Waals surface area contributed by atoms with Gasteiger partial charge in [0.15, 0.2) is 0 Å². The Morgan fingerprint density at radius 3 is 2.45 bits per heavy atom. The minimum Gasteiger partial charge on any atom is -0.443 e. The van der Waals surface area contributed by atoms with Crippen LogP contribution in [-0.2, 0) is 10.9 Å². The maximum atomic E-state index is 13.2. The second kappa shape index (κ2) is 8.50. The van der Waals surface area contributed by atoms with Gasteiger partial charge in [0.25, 0.3) is 0 Å². The lowest BCUT2D eigenvalue weighted by molar-refractivity contribution is -0.137. The molecular formula is C20H23F3N4O2. The van der Waals surface area contributed by atoms with Crippen molar-refractivity contribution in [3.63, 3.8) is 0 Å². The van der Waals surface area contributed by atoms with E-state index in [4.69, 9.17) is 4.74 Å². The van der Waals surface area contributed by atoms with Gasteiger partial charge in [0.1, 0.15) is 11.4 Å². The smallest absolute Gasteiger partial charge is 0.428 e. The number of halogens is 3. The van der Waals surface area contributed by atoms with Crippen molar-refractivity contribution in [1.29, 1.82) is 0 Å². The molecule has 1 aromatic carbocycles. The average molecular weight is 408 g/mol. The molecule has 0 bridgehead atoms. The quantitative estimate of drug-likeness (QED) is 0.589. The van der Waals surface area contributed by atoms with Gasteiger partial charge in [-0.2, -0.15) is 18.3 Å². The van der Waals surface area contributed by atoms with Gasteiger partial charge < -0.3 is 9.64 Å². The molecule has 0 saturated carbocycles. The molecule has 2 rings (SSSR count). The number of carbonyl (C=O) groups is 1. The third-order valence-electron chi connectivity index (χ3n) is 3.55. The van der Waals surface area contributed by atoms with E-state index in [9.17, 15) is 18.0 Å². The second-order valence-electron chi connectivity index (χ2n) is 7.49. The number of hydrazone groups is 1. The van der Waals surface area contributed by atoms with Gasteiger partial charge >= 0.3 is 12.3 Å². The summed E-state index contributed by atoms with van der Waals surface area (Å²) in [7, 11) is 3.25. The molecule has 29 heavy (non-hydrogen) atoms. The number of anilines is 1. The Labute approximate surface area is 167 Å². The topological polar surface area (TPSA) is 66.8 Å². The predicted octanol–water partition coefficient (Wildman–Crippen LogP) is 4.69. The zero-order valence-electron chi connectivity index (χ0n) is 16.8. The van der Waals surface area contributed by atoms with Gasteiger partial charge in [-0.1, -0.05) is 18.2 Å². The average Bonchev–Trinajstić information content (AvgIpc) is 2.59. The SMILES string of the molecule is CN(C)c1cc(C(F)(F)F)cc(-c2cccc(/C=N\NC(=O)OC(C)(C)C)c2)n1. The Balaban J connectivity index is 2.28. The lowest BCUT2D eigenvalue weighted by Gasteiger charge is -2.18. The summed E-state index contributed by atoms with van der Waals surface area (Å²) in [6.45, 7) is 5.18. The number of alkyl halides is 3. The number of ether oxygens (including phenoxy) is 1. The van der Waals surface area contributed by atoms with Crippen molar-refractivity contribution in [2.24, 2.45) is 5.10 Å². The van der Waals surface area contributed by atoms with Crippen molar-refractivity contribution >= 4 is 18.1 Å². The molecule has 9 heteroatoms. The molecule has 0 aliphatic carbocycles. The van der Waals surface area contributed by atoms with E-state index >= 15 is 0 Å². The Morgan fingerprint density at radius 2 is 1.86 bits per heavy atom. The molecule has 0 spiro atoms. The highest BCUT2D eigenvalue weighted by molar-refractivity contribution is 5.83. The zero-order valence-corrected chi connectivity index (χ0v) is 16.8. The number of pyridine rings is 1. The maximum Gasteiger partial charge on any atom is 0.428 e. The van der Waals surface area contributed by atoms with Crippen LogP contribution in [0, 0.1) is 0 Å². The fourth-order valence-corrected chi connectivity index (χ4v) is 2.30. The van der Waals surface area contributed by atoms with Gasteiger partial charge in [-0.25, -0.2) is 15.2 Å². The molecule has 1 amide bonds. The Bertz CT molecular complexity index is 903. The van der Waals surface area contributed by atoms with E-state index in [1.165, 1.54) is 11.1 Å². The van der Waals surface area contributed by atoms with Crippen molar-refractivity contribution in [1.82, 2.24) is 10.4 Å². The highest BCUT2D eigenvalue weighted by Crippen LogP contribution is 2.33. The summed E-state index contributed by atoms with van der Waals surface area (Å²) in [5.41, 5.74) is 2.04. The summed E-state index contributed by atoms with van der Waals surface area (Å²) in [5.74, 6) is 0.195. The molecule has 0 fully saturated rings. The number of hydrogen-bond donors (Lipinski definition) is 1. The van der Waals surface area contributed by atoms with Crippen molar-refractivity contribution in [2.75, 3.05) is 19.0 Å². The van der Waals surface area contributed by atoms with Gasteiger partial charge in [-0.05, 0) is 44.5 Å². The molecular weight excluding hydrogens is 385 g/mol. The van der Waals surface area contributed by atoms with Crippen LogP contribution in [-0.4, -0.2) is 37.0 Å². The predicted molar refractivity (Wildman–Crippen MR) is 106 cm³/mol. The standard InChI is InChI=1S/C20H23F3N4O2/c1-19(2,3)29-18(28)26-24-12-13-7-6-8-14(9-13)16-10-15(20(21,22)23)11-17(25-16)27(4)5/h6-12H,1-5H3,(H,26,28)/b24-12-. The van der Waals surface area contributed by atoms with Crippen LogP contribution in [0.2, 0.25) is 0 Å². The van der Waals surface area contributed by atoms with E-state index in [2.05, 4.69) is 15.5 Å². The molecule has 0 aliphatic heterocycles. The van der Waals surface area contributed by atoms with Crippen molar-refractivity contribution in [3.8, 4) is 11.3 Å². The number of carbonyl (C=O) groups excluding carboxylic acids is 1. The fourth-order valence-electron chi connectivity index (χ4n) is 2.30. The van der Waals surface area contributed by atoms with Crippen LogP contribution < -0.4 is 10.3 Å². The minimum atomic E-state index is -4.49. The zero-order chi connectivity index (χ0) is 21.8. The lowest BCUT2D eigenvalue weighted by atomic mass is 10.1. The highest BCUT2D eigenvalue weighted by atomic mass is 19.4. The molecule has 0 unspecified atom stereocenters. The highest BCUT2D eigenvalue weighted by Gasteiger charge is 2.32. The molecule has 0 saturated heterocycles. The molecule has 2 aromatic rings. The molecule has 0 radical (unpaired) electrons. The van der Waals surface area contributed by atoms with Crippen LogP contribution in [0.4, 0.5) is 23.8 Å². The molecule has 1 heterocycles. The molecule has 0 atom stereocenters. The number of aromatic nitrogens is 1. The van der Waals surface area contributed by atoms with Gasteiger partial charge in [0, 0.05) is 19.7 Å². The molecule has 156 valence electrons. The normalized spacial score (nSPS) is 12.1. The van der Waals surface area contributed by atoms with E-state index in [1.54, 1.807) is 59.1 Å². The summed E-state index contributed by atoms with van der Waals surface area (Å²) in [6.07, 6.45) is -3.83. The van der Waals surface area contributed by atoms with Gasteiger partial charge in [0.2, 0.25) is 0 Å². The van der Waals surface area contributed by atoms with E-state index < -0.39 is 23.4 Å². The van der Waals surface area contributed by atoms with Gasteiger partial charge in [-0.15, -0.1) is 0 Å². The number of nitrogens with zero attached hydrogens (tertiary/aromatic N) is 3. The second-order valence-corrected chi connectivity index (χ2v) is 7.49. The third kappa shape index (κ3) is 6.78. The van der Waals surface area contributed by atoms with Crippen LogP contribution in [0.25, 0.3) is 11.3 Å². The number of amides is 1.